The Morgan fingerprint density at radius 2 is 1.78 bits per heavy atom. The van der Waals surface area contributed by atoms with E-state index < -0.39 is 4.87 Å². The summed E-state index contributed by atoms with van der Waals surface area (Å²) in [6.45, 7) is 1.95. The van der Waals surface area contributed by atoms with E-state index in [0.29, 0.717) is 11.4 Å². The molecule has 5 rings (SSSR count). The molecule has 0 unspecified atom stereocenters. The van der Waals surface area contributed by atoms with E-state index in [1.54, 1.807) is 9.80 Å². The standard InChI is InChI=1S/C25H27N3O3S/c1-17-11-13-19(14-12-17)28-23(30)16-32-25(28)20-9-5-6-10-21(20)27(24(25)31)15-22(29)26-18-7-3-2-4-8-18/h5-6,9-14,18H,2-4,7-8,15-16H2,1H3,(H,26,29)/t25-/m1/s1. The number of aryl methyl sites for hydroxylation is 1. The molecule has 1 N–H and O–H groups in total. The Balaban J connectivity index is 1.48. The number of hydrogen-bond donors (Lipinski definition) is 1. The van der Waals surface area contributed by atoms with Crippen LogP contribution in [0.5, 0.6) is 0 Å². The van der Waals surface area contributed by atoms with Crippen molar-refractivity contribution >= 4 is 40.9 Å². The minimum Gasteiger partial charge on any atom is -0.352 e. The van der Waals surface area contributed by atoms with Crippen LogP contribution in [-0.2, 0) is 19.3 Å². The van der Waals surface area contributed by atoms with Gasteiger partial charge in [0.1, 0.15) is 6.54 Å². The molecule has 1 atom stereocenters. The van der Waals surface area contributed by atoms with E-state index in [0.717, 1.165) is 36.8 Å². The summed E-state index contributed by atoms with van der Waals surface area (Å²) in [5.41, 5.74) is 3.26. The van der Waals surface area contributed by atoms with Gasteiger partial charge < -0.3 is 5.32 Å². The highest BCUT2D eigenvalue weighted by molar-refractivity contribution is 8.02. The first kappa shape index (κ1) is 21.1. The third-order valence-electron chi connectivity index (χ3n) is 6.63. The number of thioether (sulfide) groups is 1. The zero-order chi connectivity index (χ0) is 22.3. The van der Waals surface area contributed by atoms with Crippen LogP contribution in [-0.4, -0.2) is 36.1 Å². The summed E-state index contributed by atoms with van der Waals surface area (Å²) >= 11 is 1.34. The van der Waals surface area contributed by atoms with Gasteiger partial charge in [-0.15, -0.1) is 11.8 Å². The molecule has 2 aliphatic heterocycles. The van der Waals surface area contributed by atoms with Gasteiger partial charge in [-0.2, -0.15) is 0 Å². The second-order valence-electron chi connectivity index (χ2n) is 8.81. The number of amides is 3. The van der Waals surface area contributed by atoms with Gasteiger partial charge in [0.05, 0.1) is 11.4 Å². The Morgan fingerprint density at radius 3 is 2.53 bits per heavy atom. The van der Waals surface area contributed by atoms with Crippen LogP contribution in [0, 0.1) is 6.92 Å². The Bertz CT molecular complexity index is 1060. The summed E-state index contributed by atoms with van der Waals surface area (Å²) in [5.74, 6) is -0.256. The summed E-state index contributed by atoms with van der Waals surface area (Å²) < 4.78 is 0. The molecule has 1 saturated carbocycles. The molecular formula is C25H27N3O3S. The zero-order valence-electron chi connectivity index (χ0n) is 18.2. The number of carbonyl (C=O) groups is 3. The van der Waals surface area contributed by atoms with Gasteiger partial charge in [-0.3, -0.25) is 24.2 Å². The molecule has 2 aromatic carbocycles. The normalized spacial score (nSPS) is 23.2. The first-order valence-corrected chi connectivity index (χ1v) is 12.2. The van der Waals surface area contributed by atoms with Gasteiger partial charge in [-0.05, 0) is 38.0 Å². The highest BCUT2D eigenvalue weighted by Crippen LogP contribution is 2.55. The van der Waals surface area contributed by atoms with Crippen molar-refractivity contribution in [2.45, 2.75) is 49.9 Å². The van der Waals surface area contributed by atoms with Gasteiger partial charge >= 0.3 is 0 Å². The number of nitrogens with one attached hydrogen (secondary N) is 1. The molecule has 1 saturated heterocycles. The predicted octanol–water partition coefficient (Wildman–Crippen LogP) is 3.72. The quantitative estimate of drug-likeness (QED) is 0.772. The third kappa shape index (κ3) is 3.39. The lowest BCUT2D eigenvalue weighted by molar-refractivity contribution is -0.126. The van der Waals surface area contributed by atoms with E-state index in [4.69, 9.17) is 0 Å². The van der Waals surface area contributed by atoms with E-state index in [1.807, 2.05) is 55.5 Å². The van der Waals surface area contributed by atoms with Crippen LogP contribution in [0.3, 0.4) is 0 Å². The molecule has 0 bridgehead atoms. The second kappa shape index (κ2) is 8.28. The lowest BCUT2D eigenvalue weighted by atomic mass is 9.95. The second-order valence-corrected chi connectivity index (χ2v) is 9.98. The molecule has 3 amide bonds. The molecule has 7 heteroatoms. The van der Waals surface area contributed by atoms with Gasteiger partial charge in [0.15, 0.2) is 0 Å². The molecule has 1 aliphatic carbocycles. The number of hydrogen-bond acceptors (Lipinski definition) is 4. The zero-order valence-corrected chi connectivity index (χ0v) is 19.0. The molecule has 0 aromatic heterocycles. The maximum Gasteiger partial charge on any atom is 0.269 e. The first-order chi connectivity index (χ1) is 15.5. The number of para-hydroxylation sites is 1. The average Bonchev–Trinajstić information content (AvgIpc) is 3.26. The fourth-order valence-corrected chi connectivity index (χ4v) is 6.43. The van der Waals surface area contributed by atoms with Crippen molar-refractivity contribution in [3.05, 3.63) is 59.7 Å². The van der Waals surface area contributed by atoms with Crippen molar-refractivity contribution < 1.29 is 14.4 Å². The van der Waals surface area contributed by atoms with E-state index in [1.165, 1.54) is 18.2 Å². The van der Waals surface area contributed by atoms with Crippen LogP contribution in [0.1, 0.15) is 43.2 Å². The fourth-order valence-electron chi connectivity index (χ4n) is 5.07. The lowest BCUT2D eigenvalue weighted by Gasteiger charge is -2.33. The molecular weight excluding hydrogens is 422 g/mol. The molecule has 2 aromatic rings. The smallest absolute Gasteiger partial charge is 0.269 e. The molecule has 3 aliphatic rings. The van der Waals surface area contributed by atoms with Gasteiger partial charge in [0, 0.05) is 17.3 Å². The van der Waals surface area contributed by atoms with Gasteiger partial charge in [0.2, 0.25) is 16.7 Å². The highest BCUT2D eigenvalue weighted by atomic mass is 32.2. The number of anilines is 2. The number of rotatable bonds is 4. The Kier molecular flexibility index (Phi) is 5.45. The van der Waals surface area contributed by atoms with Crippen molar-refractivity contribution in [1.82, 2.24) is 5.32 Å². The van der Waals surface area contributed by atoms with Crippen molar-refractivity contribution in [2.75, 3.05) is 22.1 Å². The van der Waals surface area contributed by atoms with E-state index in [2.05, 4.69) is 5.32 Å². The molecule has 6 nitrogen and oxygen atoms in total. The average molecular weight is 450 g/mol. The summed E-state index contributed by atoms with van der Waals surface area (Å²) in [4.78, 5) is 41.9. The summed E-state index contributed by atoms with van der Waals surface area (Å²) in [5, 5.41) is 3.11. The molecule has 32 heavy (non-hydrogen) atoms. The predicted molar refractivity (Wildman–Crippen MR) is 127 cm³/mol. The van der Waals surface area contributed by atoms with Gasteiger partial charge in [0.25, 0.3) is 5.91 Å². The number of carbonyl (C=O) groups excluding carboxylic acids is 3. The molecule has 1 spiro atoms. The largest absolute Gasteiger partial charge is 0.352 e. The Labute approximate surface area is 192 Å². The summed E-state index contributed by atoms with van der Waals surface area (Å²) in [6, 6.07) is 15.4. The van der Waals surface area contributed by atoms with Crippen LogP contribution >= 0.6 is 11.8 Å². The van der Waals surface area contributed by atoms with Crippen LogP contribution in [0.2, 0.25) is 0 Å². The molecule has 2 heterocycles. The minimum atomic E-state index is -1.17. The van der Waals surface area contributed by atoms with Crippen LogP contribution in [0.4, 0.5) is 11.4 Å². The Hall–Kier alpha value is -2.80. The van der Waals surface area contributed by atoms with Crippen molar-refractivity contribution in [1.29, 1.82) is 0 Å². The van der Waals surface area contributed by atoms with Crippen molar-refractivity contribution in [2.24, 2.45) is 0 Å². The van der Waals surface area contributed by atoms with Crippen LogP contribution in [0.15, 0.2) is 48.5 Å². The maximum absolute atomic E-state index is 13.9. The topological polar surface area (TPSA) is 69.7 Å². The first-order valence-electron chi connectivity index (χ1n) is 11.3. The van der Waals surface area contributed by atoms with Gasteiger partial charge in [-0.1, -0.05) is 55.2 Å². The third-order valence-corrected chi connectivity index (χ3v) is 8.01. The van der Waals surface area contributed by atoms with E-state index in [9.17, 15) is 14.4 Å². The van der Waals surface area contributed by atoms with Crippen molar-refractivity contribution in [3.8, 4) is 0 Å². The Morgan fingerprint density at radius 1 is 1.06 bits per heavy atom. The maximum atomic E-state index is 13.9. The van der Waals surface area contributed by atoms with Crippen LogP contribution in [0.25, 0.3) is 0 Å². The molecule has 2 fully saturated rings. The molecule has 0 radical (unpaired) electrons. The van der Waals surface area contributed by atoms with Gasteiger partial charge in [-0.25, -0.2) is 0 Å². The number of fused-ring (bicyclic) bond motifs is 2. The monoisotopic (exact) mass is 449 g/mol. The minimum absolute atomic E-state index is 0.0371. The summed E-state index contributed by atoms with van der Waals surface area (Å²) in [6.07, 6.45) is 5.46. The highest BCUT2D eigenvalue weighted by Gasteiger charge is 2.61. The van der Waals surface area contributed by atoms with Crippen molar-refractivity contribution in [3.63, 3.8) is 0 Å². The van der Waals surface area contributed by atoms with E-state index >= 15 is 0 Å². The fraction of sp³-hybridized carbons (Fsp3) is 0.400. The summed E-state index contributed by atoms with van der Waals surface area (Å²) in [7, 11) is 0. The molecule has 166 valence electrons. The van der Waals surface area contributed by atoms with E-state index in [-0.39, 0.29) is 36.1 Å². The SMILES string of the molecule is Cc1ccc(N2C(=O)CS[C@]23C(=O)N(CC(=O)NC2CCCCC2)c2ccccc23)cc1. The number of nitrogens with zero attached hydrogens (tertiary/aromatic N) is 2. The lowest BCUT2D eigenvalue weighted by Crippen LogP contribution is -2.52. The number of benzene rings is 2. The van der Waals surface area contributed by atoms with Crippen LogP contribution < -0.4 is 15.1 Å².